The average molecular weight is 326 g/mol. The third-order valence-electron chi connectivity index (χ3n) is 3.36. The largest absolute Gasteiger partial charge is 0.366 e. The van der Waals surface area contributed by atoms with E-state index in [1.54, 1.807) is 36.4 Å². The second kappa shape index (κ2) is 7.04. The molecular weight excluding hydrogens is 310 g/mol. The van der Waals surface area contributed by atoms with Gasteiger partial charge in [-0.25, -0.2) is 13.8 Å². The van der Waals surface area contributed by atoms with Crippen LogP contribution in [0.15, 0.2) is 54.6 Å². The SMILES string of the molecule is Cc1cc(NCc2ccc(F)cc2)nc(Nc2ccccc2F)n1. The van der Waals surface area contributed by atoms with Gasteiger partial charge in [-0.2, -0.15) is 4.98 Å². The van der Waals surface area contributed by atoms with Crippen molar-refractivity contribution < 1.29 is 8.78 Å². The zero-order valence-corrected chi connectivity index (χ0v) is 13.1. The molecule has 0 amide bonds. The van der Waals surface area contributed by atoms with Crippen molar-refractivity contribution in [3.05, 3.63) is 77.5 Å². The first-order chi connectivity index (χ1) is 11.6. The molecule has 0 unspecified atom stereocenters. The highest BCUT2D eigenvalue weighted by molar-refractivity contribution is 5.55. The van der Waals surface area contributed by atoms with E-state index in [1.165, 1.54) is 18.2 Å². The van der Waals surface area contributed by atoms with Gasteiger partial charge in [0.2, 0.25) is 5.95 Å². The number of anilines is 3. The molecule has 122 valence electrons. The number of rotatable bonds is 5. The van der Waals surface area contributed by atoms with Crippen molar-refractivity contribution in [2.75, 3.05) is 10.6 Å². The minimum Gasteiger partial charge on any atom is -0.366 e. The Labute approximate surface area is 138 Å². The maximum absolute atomic E-state index is 13.7. The van der Waals surface area contributed by atoms with Gasteiger partial charge < -0.3 is 10.6 Å². The number of benzene rings is 2. The fraction of sp³-hybridized carbons (Fsp3) is 0.111. The summed E-state index contributed by atoms with van der Waals surface area (Å²) in [5.74, 6) is 0.267. The molecule has 6 heteroatoms. The van der Waals surface area contributed by atoms with E-state index in [0.29, 0.717) is 24.0 Å². The molecule has 0 fully saturated rings. The van der Waals surface area contributed by atoms with Crippen LogP contribution in [0.4, 0.5) is 26.2 Å². The van der Waals surface area contributed by atoms with E-state index in [4.69, 9.17) is 0 Å². The van der Waals surface area contributed by atoms with Crippen LogP contribution in [0.25, 0.3) is 0 Å². The Morgan fingerprint density at radius 1 is 0.958 bits per heavy atom. The molecule has 1 heterocycles. The number of halogens is 2. The first-order valence-electron chi connectivity index (χ1n) is 7.46. The van der Waals surface area contributed by atoms with E-state index in [2.05, 4.69) is 20.6 Å². The third kappa shape index (κ3) is 4.04. The number of nitrogens with zero attached hydrogens (tertiary/aromatic N) is 2. The van der Waals surface area contributed by atoms with Crippen LogP contribution in [0, 0.1) is 18.6 Å². The number of nitrogens with one attached hydrogen (secondary N) is 2. The smallest absolute Gasteiger partial charge is 0.229 e. The number of hydrogen-bond acceptors (Lipinski definition) is 4. The highest BCUT2D eigenvalue weighted by Crippen LogP contribution is 2.19. The summed E-state index contributed by atoms with van der Waals surface area (Å²) < 4.78 is 26.6. The molecule has 0 aliphatic carbocycles. The fourth-order valence-corrected chi connectivity index (χ4v) is 2.19. The molecule has 0 aliphatic rings. The van der Waals surface area contributed by atoms with Crippen LogP contribution in [0.5, 0.6) is 0 Å². The van der Waals surface area contributed by atoms with Crippen molar-refractivity contribution in [2.24, 2.45) is 0 Å². The van der Waals surface area contributed by atoms with Gasteiger partial charge in [0, 0.05) is 18.3 Å². The molecular formula is C18H16F2N4. The Morgan fingerprint density at radius 3 is 2.46 bits per heavy atom. The summed E-state index contributed by atoms with van der Waals surface area (Å²) in [4.78, 5) is 8.59. The van der Waals surface area contributed by atoms with E-state index in [-0.39, 0.29) is 11.6 Å². The molecule has 3 rings (SSSR count). The topological polar surface area (TPSA) is 49.8 Å². The summed E-state index contributed by atoms with van der Waals surface area (Å²) in [7, 11) is 0. The average Bonchev–Trinajstić information content (AvgIpc) is 2.56. The summed E-state index contributed by atoms with van der Waals surface area (Å²) >= 11 is 0. The molecule has 2 N–H and O–H groups in total. The summed E-state index contributed by atoms with van der Waals surface area (Å²) in [6, 6.07) is 14.3. The summed E-state index contributed by atoms with van der Waals surface area (Å²) in [5, 5.41) is 6.03. The Hall–Kier alpha value is -3.02. The molecule has 1 aromatic heterocycles. The van der Waals surface area contributed by atoms with Crippen LogP contribution < -0.4 is 10.6 Å². The van der Waals surface area contributed by atoms with Crippen LogP contribution in [-0.2, 0) is 6.54 Å². The van der Waals surface area contributed by atoms with Crippen LogP contribution in [0.1, 0.15) is 11.3 Å². The maximum Gasteiger partial charge on any atom is 0.229 e. The molecule has 0 radical (unpaired) electrons. The van der Waals surface area contributed by atoms with Gasteiger partial charge >= 0.3 is 0 Å². The lowest BCUT2D eigenvalue weighted by atomic mass is 10.2. The predicted octanol–water partition coefficient (Wildman–Crippen LogP) is 4.42. The van der Waals surface area contributed by atoms with Gasteiger partial charge in [0.25, 0.3) is 0 Å². The summed E-state index contributed by atoms with van der Waals surface area (Å²) in [6.07, 6.45) is 0. The number of aromatic nitrogens is 2. The Bertz CT molecular complexity index is 835. The van der Waals surface area contributed by atoms with Crippen molar-refractivity contribution in [2.45, 2.75) is 13.5 Å². The molecule has 0 aliphatic heterocycles. The van der Waals surface area contributed by atoms with Crippen molar-refractivity contribution in [3.63, 3.8) is 0 Å². The molecule has 0 atom stereocenters. The van der Waals surface area contributed by atoms with Crippen molar-refractivity contribution in [1.82, 2.24) is 9.97 Å². The maximum atomic E-state index is 13.7. The monoisotopic (exact) mass is 326 g/mol. The number of hydrogen-bond donors (Lipinski definition) is 2. The zero-order chi connectivity index (χ0) is 16.9. The lowest BCUT2D eigenvalue weighted by molar-refractivity contribution is 0.627. The quantitative estimate of drug-likeness (QED) is 0.729. The van der Waals surface area contributed by atoms with Gasteiger partial charge in [-0.1, -0.05) is 24.3 Å². The zero-order valence-electron chi connectivity index (χ0n) is 13.1. The van der Waals surface area contributed by atoms with Crippen molar-refractivity contribution >= 4 is 17.5 Å². The molecule has 0 saturated heterocycles. The minimum absolute atomic E-state index is 0.270. The molecule has 4 nitrogen and oxygen atoms in total. The Balaban J connectivity index is 1.74. The first kappa shape index (κ1) is 15.9. The highest BCUT2D eigenvalue weighted by atomic mass is 19.1. The molecule has 0 spiro atoms. The second-order valence-corrected chi connectivity index (χ2v) is 5.30. The molecule has 0 saturated carbocycles. The van der Waals surface area contributed by atoms with Crippen LogP contribution in [0.2, 0.25) is 0 Å². The van der Waals surface area contributed by atoms with Crippen LogP contribution in [0.3, 0.4) is 0 Å². The van der Waals surface area contributed by atoms with E-state index in [0.717, 1.165) is 11.3 Å². The van der Waals surface area contributed by atoms with Crippen molar-refractivity contribution in [1.29, 1.82) is 0 Å². The van der Waals surface area contributed by atoms with E-state index in [1.807, 2.05) is 6.92 Å². The molecule has 24 heavy (non-hydrogen) atoms. The highest BCUT2D eigenvalue weighted by Gasteiger charge is 2.06. The Kier molecular flexibility index (Phi) is 4.65. The van der Waals surface area contributed by atoms with Gasteiger partial charge in [-0.3, -0.25) is 0 Å². The van der Waals surface area contributed by atoms with Gasteiger partial charge in [-0.15, -0.1) is 0 Å². The lowest BCUT2D eigenvalue weighted by Crippen LogP contribution is -2.06. The van der Waals surface area contributed by atoms with Gasteiger partial charge in [0.15, 0.2) is 0 Å². The second-order valence-electron chi connectivity index (χ2n) is 5.30. The lowest BCUT2D eigenvalue weighted by Gasteiger charge is -2.10. The van der Waals surface area contributed by atoms with Crippen molar-refractivity contribution in [3.8, 4) is 0 Å². The standard InChI is InChI=1S/C18H16F2N4/c1-12-10-17(21-11-13-6-8-14(19)9-7-13)24-18(22-12)23-16-5-3-2-4-15(16)20/h2-10H,11H2,1H3,(H2,21,22,23,24). The predicted molar refractivity (Wildman–Crippen MR) is 90.2 cm³/mol. The van der Waals surface area contributed by atoms with Crippen LogP contribution >= 0.6 is 0 Å². The van der Waals surface area contributed by atoms with E-state index >= 15 is 0 Å². The van der Waals surface area contributed by atoms with Gasteiger partial charge in [0.05, 0.1) is 5.69 Å². The van der Waals surface area contributed by atoms with Crippen LogP contribution in [-0.4, -0.2) is 9.97 Å². The molecule has 2 aromatic carbocycles. The summed E-state index contributed by atoms with van der Waals surface area (Å²) in [6.45, 7) is 2.33. The third-order valence-corrected chi connectivity index (χ3v) is 3.36. The number of aryl methyl sites for hydroxylation is 1. The Morgan fingerprint density at radius 2 is 1.71 bits per heavy atom. The number of para-hydroxylation sites is 1. The summed E-state index contributed by atoms with van der Waals surface area (Å²) in [5.41, 5.74) is 1.98. The van der Waals surface area contributed by atoms with E-state index in [9.17, 15) is 8.78 Å². The van der Waals surface area contributed by atoms with Gasteiger partial charge in [-0.05, 0) is 36.8 Å². The normalized spacial score (nSPS) is 10.5. The molecule has 0 bridgehead atoms. The van der Waals surface area contributed by atoms with E-state index < -0.39 is 0 Å². The van der Waals surface area contributed by atoms with Gasteiger partial charge in [0.1, 0.15) is 17.5 Å². The fourth-order valence-electron chi connectivity index (χ4n) is 2.19. The minimum atomic E-state index is -0.372. The first-order valence-corrected chi connectivity index (χ1v) is 7.46. The molecule has 3 aromatic rings.